The number of benzene rings is 3. The van der Waals surface area contributed by atoms with Gasteiger partial charge in [0.2, 0.25) is 11.8 Å². The second-order valence-corrected chi connectivity index (χ2v) is 12.5. The number of hydrogen-bond acceptors (Lipinski definition) is 6. The molecule has 0 spiro atoms. The molecule has 0 heterocycles. The van der Waals surface area contributed by atoms with Crippen molar-refractivity contribution in [1.82, 2.24) is 10.2 Å². The highest BCUT2D eigenvalue weighted by molar-refractivity contribution is 7.92. The van der Waals surface area contributed by atoms with Crippen LogP contribution in [0.5, 0.6) is 11.5 Å². The van der Waals surface area contributed by atoms with E-state index in [-0.39, 0.29) is 33.9 Å². The summed E-state index contributed by atoms with van der Waals surface area (Å²) in [5.74, 6) is -1.26. The first kappa shape index (κ1) is 34.0. The van der Waals surface area contributed by atoms with Crippen molar-refractivity contribution < 1.29 is 31.9 Å². The number of nitrogens with zero attached hydrogens (tertiary/aromatic N) is 2. The maximum atomic E-state index is 14.0. The molecule has 0 radical (unpaired) electrons. The Hall–Kier alpha value is -3.54. The molecule has 0 unspecified atom stereocenters. The lowest BCUT2D eigenvalue weighted by Crippen LogP contribution is -2.52. The van der Waals surface area contributed by atoms with Crippen molar-refractivity contribution in [2.75, 3.05) is 25.1 Å². The van der Waals surface area contributed by atoms with Crippen LogP contribution in [0.15, 0.2) is 65.6 Å². The Morgan fingerprint density at radius 3 is 2.19 bits per heavy atom. The van der Waals surface area contributed by atoms with Gasteiger partial charge in [-0.15, -0.1) is 0 Å². The molecule has 0 bridgehead atoms. The zero-order chi connectivity index (χ0) is 31.9. The average Bonchev–Trinajstić information content (AvgIpc) is 2.98. The predicted octanol–water partition coefficient (Wildman–Crippen LogP) is 5.68. The van der Waals surface area contributed by atoms with Crippen molar-refractivity contribution in [3.8, 4) is 11.5 Å². The van der Waals surface area contributed by atoms with E-state index in [1.807, 2.05) is 13.8 Å². The average molecular weight is 655 g/mol. The van der Waals surface area contributed by atoms with E-state index in [2.05, 4.69) is 5.32 Å². The van der Waals surface area contributed by atoms with Crippen LogP contribution < -0.4 is 19.1 Å². The van der Waals surface area contributed by atoms with E-state index in [1.165, 1.54) is 55.5 Å². The fourth-order valence-electron chi connectivity index (χ4n) is 4.12. The molecule has 3 aromatic carbocycles. The van der Waals surface area contributed by atoms with Gasteiger partial charge in [-0.2, -0.15) is 0 Å². The van der Waals surface area contributed by atoms with Crippen LogP contribution in [0, 0.1) is 5.82 Å². The maximum Gasteiger partial charge on any atom is 0.264 e. The molecular formula is C30H34Cl2FN3O6S. The summed E-state index contributed by atoms with van der Waals surface area (Å²) in [6.07, 6.45) is 0.664. The monoisotopic (exact) mass is 653 g/mol. The topological polar surface area (TPSA) is 105 Å². The maximum absolute atomic E-state index is 14.0. The molecule has 9 nitrogen and oxygen atoms in total. The lowest BCUT2D eigenvalue weighted by Gasteiger charge is -2.32. The third kappa shape index (κ3) is 8.31. The third-order valence-electron chi connectivity index (χ3n) is 6.86. The molecule has 0 aliphatic carbocycles. The molecule has 1 N–H and O–H groups in total. The smallest absolute Gasteiger partial charge is 0.264 e. The molecule has 3 aromatic rings. The zero-order valence-corrected chi connectivity index (χ0v) is 26.8. The summed E-state index contributed by atoms with van der Waals surface area (Å²) in [4.78, 5) is 28.2. The van der Waals surface area contributed by atoms with Crippen LogP contribution in [0.2, 0.25) is 10.0 Å². The van der Waals surface area contributed by atoms with Crippen LogP contribution in [-0.4, -0.2) is 58.0 Å². The van der Waals surface area contributed by atoms with Crippen LogP contribution in [-0.2, 0) is 26.2 Å². The van der Waals surface area contributed by atoms with Gasteiger partial charge in [0.1, 0.15) is 18.4 Å². The van der Waals surface area contributed by atoms with Gasteiger partial charge < -0.3 is 19.7 Å². The number of hydrogen-bond donors (Lipinski definition) is 1. The van der Waals surface area contributed by atoms with Crippen molar-refractivity contribution in [2.45, 2.75) is 50.7 Å². The molecule has 2 amide bonds. The van der Waals surface area contributed by atoms with E-state index in [1.54, 1.807) is 19.1 Å². The number of methoxy groups -OCH3 is 2. The molecule has 13 heteroatoms. The second-order valence-electron chi connectivity index (χ2n) is 9.76. The molecule has 0 aliphatic rings. The van der Waals surface area contributed by atoms with Crippen LogP contribution in [0.3, 0.4) is 0 Å². The Balaban J connectivity index is 2.08. The molecule has 232 valence electrons. The summed E-state index contributed by atoms with van der Waals surface area (Å²) < 4.78 is 53.3. The SMILES string of the molecule is CC[C@H](C)NC(=O)[C@H](C)N(Cc1ccc(Cl)cc1Cl)C(=O)CN(c1ccc(F)cc1)S(=O)(=O)c1ccc(OC)c(OC)c1. The Morgan fingerprint density at radius 2 is 1.60 bits per heavy atom. The lowest BCUT2D eigenvalue weighted by atomic mass is 10.1. The summed E-state index contributed by atoms with van der Waals surface area (Å²) >= 11 is 12.5. The number of nitrogens with one attached hydrogen (secondary N) is 1. The number of amides is 2. The molecule has 0 fully saturated rings. The summed E-state index contributed by atoms with van der Waals surface area (Å²) in [6, 6.07) is 12.2. The standard InChI is InChI=1S/C30H34Cl2FN3O6S/c1-6-19(2)34-30(38)20(3)35(17-21-7-8-22(31)15-26(21)32)29(37)18-36(24-11-9-23(33)10-12-24)43(39,40)25-13-14-27(41-4)28(16-25)42-5/h7-16,19-20H,6,17-18H2,1-5H3,(H,34,38)/t19-,20-/m0/s1. The van der Waals surface area contributed by atoms with Crippen LogP contribution >= 0.6 is 23.2 Å². The Labute approximate surface area is 261 Å². The fraction of sp³-hybridized carbons (Fsp3) is 0.333. The van der Waals surface area contributed by atoms with Gasteiger partial charge in [-0.1, -0.05) is 36.2 Å². The van der Waals surface area contributed by atoms with Crippen molar-refractivity contribution >= 4 is 50.7 Å². The van der Waals surface area contributed by atoms with E-state index in [0.717, 1.165) is 16.4 Å². The molecule has 0 aliphatic heterocycles. The van der Waals surface area contributed by atoms with Crippen molar-refractivity contribution in [1.29, 1.82) is 0 Å². The molecule has 2 atom stereocenters. The number of halogens is 3. The minimum Gasteiger partial charge on any atom is -0.493 e. The minimum absolute atomic E-state index is 0.0331. The van der Waals surface area contributed by atoms with Crippen LogP contribution in [0.4, 0.5) is 10.1 Å². The van der Waals surface area contributed by atoms with Gasteiger partial charge in [0.25, 0.3) is 10.0 Å². The van der Waals surface area contributed by atoms with E-state index in [0.29, 0.717) is 22.8 Å². The van der Waals surface area contributed by atoms with Gasteiger partial charge in [-0.05, 0) is 74.4 Å². The normalized spacial score (nSPS) is 12.7. The van der Waals surface area contributed by atoms with Gasteiger partial charge in [0.15, 0.2) is 11.5 Å². The van der Waals surface area contributed by atoms with E-state index < -0.39 is 40.2 Å². The van der Waals surface area contributed by atoms with Gasteiger partial charge >= 0.3 is 0 Å². The van der Waals surface area contributed by atoms with E-state index in [9.17, 15) is 22.4 Å². The van der Waals surface area contributed by atoms with Gasteiger partial charge in [0.05, 0.1) is 24.8 Å². The highest BCUT2D eigenvalue weighted by Gasteiger charge is 2.33. The molecule has 43 heavy (non-hydrogen) atoms. The third-order valence-corrected chi connectivity index (χ3v) is 9.22. The van der Waals surface area contributed by atoms with Gasteiger partial charge in [0, 0.05) is 28.7 Å². The number of sulfonamides is 1. The van der Waals surface area contributed by atoms with Crippen LogP contribution in [0.1, 0.15) is 32.8 Å². The number of ether oxygens (including phenoxy) is 2. The first-order valence-corrected chi connectivity index (χ1v) is 15.6. The Kier molecular flexibility index (Phi) is 11.7. The minimum atomic E-state index is -4.42. The fourth-order valence-corrected chi connectivity index (χ4v) is 6.02. The number of rotatable bonds is 13. The summed E-state index contributed by atoms with van der Waals surface area (Å²) in [6.45, 7) is 4.46. The quantitative estimate of drug-likeness (QED) is 0.255. The molecular weight excluding hydrogens is 620 g/mol. The molecule has 0 saturated carbocycles. The first-order valence-electron chi connectivity index (χ1n) is 13.4. The highest BCUT2D eigenvalue weighted by atomic mass is 35.5. The summed E-state index contributed by atoms with van der Waals surface area (Å²) in [7, 11) is -1.65. The van der Waals surface area contributed by atoms with Crippen molar-refractivity contribution in [3.63, 3.8) is 0 Å². The van der Waals surface area contributed by atoms with E-state index >= 15 is 0 Å². The zero-order valence-electron chi connectivity index (χ0n) is 24.4. The number of anilines is 1. The largest absolute Gasteiger partial charge is 0.493 e. The van der Waals surface area contributed by atoms with Gasteiger partial charge in [-0.3, -0.25) is 13.9 Å². The summed E-state index contributed by atoms with van der Waals surface area (Å²) in [5, 5.41) is 3.52. The van der Waals surface area contributed by atoms with Gasteiger partial charge in [-0.25, -0.2) is 12.8 Å². The Morgan fingerprint density at radius 1 is 0.953 bits per heavy atom. The highest BCUT2D eigenvalue weighted by Crippen LogP contribution is 2.32. The molecule has 0 saturated heterocycles. The molecule has 3 rings (SSSR count). The lowest BCUT2D eigenvalue weighted by molar-refractivity contribution is -0.139. The predicted molar refractivity (Wildman–Crippen MR) is 165 cm³/mol. The Bertz CT molecular complexity index is 1560. The van der Waals surface area contributed by atoms with Crippen molar-refractivity contribution in [3.05, 3.63) is 82.1 Å². The van der Waals surface area contributed by atoms with Crippen LogP contribution in [0.25, 0.3) is 0 Å². The number of carbonyl (C=O) groups is 2. The second kappa shape index (κ2) is 14.8. The van der Waals surface area contributed by atoms with E-state index in [4.69, 9.17) is 32.7 Å². The first-order chi connectivity index (χ1) is 20.3. The summed E-state index contributed by atoms with van der Waals surface area (Å²) in [5.41, 5.74) is 0.532. The van der Waals surface area contributed by atoms with Crippen molar-refractivity contribution in [2.24, 2.45) is 0 Å². The molecule has 0 aromatic heterocycles. The number of carbonyl (C=O) groups excluding carboxylic acids is 2.